The first-order valence-electron chi connectivity index (χ1n) is 7.99. The molecule has 27 heavy (non-hydrogen) atoms. The van der Waals surface area contributed by atoms with E-state index in [1.807, 2.05) is 6.92 Å². The Hall–Kier alpha value is -2.88. The molecule has 0 saturated heterocycles. The second kappa shape index (κ2) is 9.17. The summed E-state index contributed by atoms with van der Waals surface area (Å²) in [7, 11) is -1.52. The summed E-state index contributed by atoms with van der Waals surface area (Å²) in [4.78, 5) is 27.1. The Morgan fingerprint density at radius 2 is 1.89 bits per heavy atom. The Labute approximate surface area is 157 Å². The number of halogens is 2. The number of pyridine rings is 1. The summed E-state index contributed by atoms with van der Waals surface area (Å²) >= 11 is 0. The zero-order valence-corrected chi connectivity index (χ0v) is 15.5. The lowest BCUT2D eigenvalue weighted by molar-refractivity contribution is -0.114. The van der Waals surface area contributed by atoms with Crippen LogP contribution in [-0.2, 0) is 15.8 Å². The number of rotatable bonds is 7. The molecule has 2 aromatic rings. The molecular weight excluding hydrogens is 378 g/mol. The number of amides is 2. The van der Waals surface area contributed by atoms with E-state index in [-0.39, 0.29) is 23.0 Å². The molecule has 144 valence electrons. The van der Waals surface area contributed by atoms with Crippen molar-refractivity contribution in [2.75, 3.05) is 21.1 Å². The SMILES string of the molecule is CCCS(=O)Nc1ccc(F)c(NC(=O)c2ccc(NC(C)=O)nc2)c1F. The molecular formula is C17H18F2N4O3S. The van der Waals surface area contributed by atoms with Gasteiger partial charge >= 0.3 is 0 Å². The van der Waals surface area contributed by atoms with E-state index in [4.69, 9.17) is 0 Å². The standard InChI is InChI=1S/C17H18F2N4O3S/c1-3-8-27(26)23-13-6-5-12(18)16(15(13)19)22-17(25)11-4-7-14(20-9-11)21-10(2)24/h4-7,9,23H,3,8H2,1-2H3,(H,22,25)(H,20,21,24). The molecule has 0 radical (unpaired) electrons. The number of anilines is 3. The molecule has 2 rings (SSSR count). The molecule has 2 amide bonds. The number of nitrogens with zero attached hydrogens (tertiary/aromatic N) is 1. The zero-order chi connectivity index (χ0) is 20.0. The second-order valence-corrected chi connectivity index (χ2v) is 6.81. The van der Waals surface area contributed by atoms with Crippen LogP contribution in [0.2, 0.25) is 0 Å². The van der Waals surface area contributed by atoms with Gasteiger partial charge in [-0.1, -0.05) is 6.92 Å². The van der Waals surface area contributed by atoms with Crippen molar-refractivity contribution in [1.29, 1.82) is 0 Å². The van der Waals surface area contributed by atoms with Gasteiger partial charge in [-0.15, -0.1) is 0 Å². The first-order chi connectivity index (χ1) is 12.8. The number of benzene rings is 1. The summed E-state index contributed by atoms with van der Waals surface area (Å²) in [6.07, 6.45) is 1.78. The smallest absolute Gasteiger partial charge is 0.257 e. The largest absolute Gasteiger partial charge is 0.317 e. The van der Waals surface area contributed by atoms with Crippen LogP contribution in [-0.4, -0.2) is 26.8 Å². The van der Waals surface area contributed by atoms with Crippen LogP contribution in [0.3, 0.4) is 0 Å². The summed E-state index contributed by atoms with van der Waals surface area (Å²) in [5.41, 5.74) is -0.808. The van der Waals surface area contributed by atoms with Crippen LogP contribution in [0.25, 0.3) is 0 Å². The molecule has 10 heteroatoms. The third-order valence-corrected chi connectivity index (χ3v) is 4.50. The van der Waals surface area contributed by atoms with E-state index in [0.717, 1.165) is 18.3 Å². The zero-order valence-electron chi connectivity index (χ0n) is 14.6. The van der Waals surface area contributed by atoms with Crippen molar-refractivity contribution in [2.24, 2.45) is 0 Å². The van der Waals surface area contributed by atoms with Crippen LogP contribution in [0.4, 0.5) is 26.0 Å². The van der Waals surface area contributed by atoms with Gasteiger partial charge in [0.25, 0.3) is 5.91 Å². The topological polar surface area (TPSA) is 100 Å². The molecule has 0 spiro atoms. The Bertz CT molecular complexity index is 875. The van der Waals surface area contributed by atoms with E-state index in [1.54, 1.807) is 0 Å². The van der Waals surface area contributed by atoms with Gasteiger partial charge in [0.05, 0.1) is 11.3 Å². The number of carbonyl (C=O) groups is 2. The molecule has 1 heterocycles. The van der Waals surface area contributed by atoms with Crippen molar-refractivity contribution in [3.8, 4) is 0 Å². The first kappa shape index (κ1) is 20.4. The van der Waals surface area contributed by atoms with E-state index < -0.39 is 34.2 Å². The molecule has 0 aliphatic heterocycles. The van der Waals surface area contributed by atoms with Crippen LogP contribution in [0.15, 0.2) is 30.5 Å². The van der Waals surface area contributed by atoms with Crippen molar-refractivity contribution in [3.05, 3.63) is 47.7 Å². The Morgan fingerprint density at radius 1 is 1.15 bits per heavy atom. The molecule has 0 aliphatic rings. The lowest BCUT2D eigenvalue weighted by Crippen LogP contribution is -2.17. The van der Waals surface area contributed by atoms with Crippen LogP contribution in [0.1, 0.15) is 30.6 Å². The Balaban J connectivity index is 2.19. The molecule has 1 atom stereocenters. The van der Waals surface area contributed by atoms with Gasteiger partial charge in [0, 0.05) is 18.9 Å². The Morgan fingerprint density at radius 3 is 2.48 bits per heavy atom. The van der Waals surface area contributed by atoms with Crippen molar-refractivity contribution in [3.63, 3.8) is 0 Å². The number of hydrogen-bond acceptors (Lipinski definition) is 4. The molecule has 0 aliphatic carbocycles. The van der Waals surface area contributed by atoms with Gasteiger partial charge in [0.1, 0.15) is 28.3 Å². The minimum absolute atomic E-state index is 0.0378. The summed E-state index contributed by atoms with van der Waals surface area (Å²) in [5, 5.41) is 4.58. The number of aromatic nitrogens is 1. The molecule has 7 nitrogen and oxygen atoms in total. The Kier molecular flexibility index (Phi) is 6.94. The minimum Gasteiger partial charge on any atom is -0.317 e. The fourth-order valence-corrected chi connectivity index (χ4v) is 2.95. The van der Waals surface area contributed by atoms with Crippen LogP contribution >= 0.6 is 0 Å². The fourth-order valence-electron chi connectivity index (χ4n) is 2.07. The van der Waals surface area contributed by atoms with E-state index in [9.17, 15) is 22.6 Å². The average Bonchev–Trinajstić information content (AvgIpc) is 2.61. The first-order valence-corrected chi connectivity index (χ1v) is 9.31. The monoisotopic (exact) mass is 396 g/mol. The minimum atomic E-state index is -1.52. The third kappa shape index (κ3) is 5.55. The van der Waals surface area contributed by atoms with Crippen LogP contribution < -0.4 is 15.4 Å². The lowest BCUT2D eigenvalue weighted by Gasteiger charge is -2.12. The molecule has 1 unspecified atom stereocenters. The summed E-state index contributed by atoms with van der Waals surface area (Å²) in [5.74, 6) is -2.62. The van der Waals surface area contributed by atoms with Gasteiger partial charge in [-0.2, -0.15) is 0 Å². The molecule has 1 aromatic carbocycles. The van der Waals surface area contributed by atoms with Gasteiger partial charge in [0.15, 0.2) is 5.82 Å². The van der Waals surface area contributed by atoms with Crippen molar-refractivity contribution >= 4 is 40.0 Å². The van der Waals surface area contributed by atoms with Crippen LogP contribution in [0, 0.1) is 11.6 Å². The fraction of sp³-hybridized carbons (Fsp3) is 0.235. The predicted octanol–water partition coefficient (Wildman–Crippen LogP) is 3.06. The number of nitrogens with one attached hydrogen (secondary N) is 3. The number of hydrogen-bond donors (Lipinski definition) is 3. The van der Waals surface area contributed by atoms with E-state index in [0.29, 0.717) is 12.2 Å². The van der Waals surface area contributed by atoms with Crippen molar-refractivity contribution in [2.45, 2.75) is 20.3 Å². The molecule has 0 fully saturated rings. The highest BCUT2D eigenvalue weighted by Gasteiger charge is 2.18. The van der Waals surface area contributed by atoms with E-state index >= 15 is 0 Å². The highest BCUT2D eigenvalue weighted by Crippen LogP contribution is 2.26. The maximum atomic E-state index is 14.5. The molecule has 0 bridgehead atoms. The van der Waals surface area contributed by atoms with Gasteiger partial charge in [-0.3, -0.25) is 9.59 Å². The van der Waals surface area contributed by atoms with Crippen molar-refractivity contribution in [1.82, 2.24) is 4.98 Å². The molecule has 1 aromatic heterocycles. The normalized spacial score (nSPS) is 11.6. The van der Waals surface area contributed by atoms with Crippen molar-refractivity contribution < 1.29 is 22.6 Å². The van der Waals surface area contributed by atoms with Gasteiger partial charge in [0.2, 0.25) is 5.91 Å². The third-order valence-electron chi connectivity index (χ3n) is 3.27. The highest BCUT2D eigenvalue weighted by molar-refractivity contribution is 7.86. The van der Waals surface area contributed by atoms with Gasteiger partial charge < -0.3 is 15.4 Å². The quantitative estimate of drug-likeness (QED) is 0.670. The summed E-state index contributed by atoms with van der Waals surface area (Å²) < 4.78 is 42.7. The average molecular weight is 396 g/mol. The molecule has 3 N–H and O–H groups in total. The maximum absolute atomic E-state index is 14.5. The lowest BCUT2D eigenvalue weighted by atomic mass is 10.2. The second-order valence-electron chi connectivity index (χ2n) is 5.50. The highest BCUT2D eigenvalue weighted by atomic mass is 32.2. The van der Waals surface area contributed by atoms with Gasteiger partial charge in [-0.25, -0.2) is 18.0 Å². The van der Waals surface area contributed by atoms with E-state index in [1.165, 1.54) is 19.1 Å². The van der Waals surface area contributed by atoms with Crippen LogP contribution in [0.5, 0.6) is 0 Å². The summed E-state index contributed by atoms with van der Waals surface area (Å²) in [6, 6.07) is 4.80. The number of carbonyl (C=O) groups excluding carboxylic acids is 2. The van der Waals surface area contributed by atoms with Gasteiger partial charge in [-0.05, 0) is 30.7 Å². The maximum Gasteiger partial charge on any atom is 0.257 e. The van der Waals surface area contributed by atoms with E-state index in [2.05, 4.69) is 20.3 Å². The summed E-state index contributed by atoms with van der Waals surface area (Å²) in [6.45, 7) is 3.12. The molecule has 0 saturated carbocycles. The predicted molar refractivity (Wildman–Crippen MR) is 99.8 cm³/mol.